The maximum Gasteiger partial charge on any atom is 0.317 e. The van der Waals surface area contributed by atoms with Crippen molar-refractivity contribution in [2.45, 2.75) is 32.2 Å². The van der Waals surface area contributed by atoms with Crippen LogP contribution in [0.4, 0.5) is 9.18 Å². The summed E-state index contributed by atoms with van der Waals surface area (Å²) in [5.74, 6) is -0.184. The molecule has 1 aliphatic rings. The summed E-state index contributed by atoms with van der Waals surface area (Å²) in [4.78, 5) is 24.7. The summed E-state index contributed by atoms with van der Waals surface area (Å²) in [5, 5.41) is 2.88. The second-order valence-corrected chi connectivity index (χ2v) is 6.25. The summed E-state index contributed by atoms with van der Waals surface area (Å²) >= 11 is 0. The minimum atomic E-state index is -0.308. The third-order valence-corrected chi connectivity index (χ3v) is 4.50. The number of carbonyl (C=O) groups is 2. The van der Waals surface area contributed by atoms with Crippen LogP contribution in [0.15, 0.2) is 24.3 Å². The molecule has 1 saturated carbocycles. The summed E-state index contributed by atoms with van der Waals surface area (Å²) in [5.41, 5.74) is 5.81. The second kappa shape index (κ2) is 7.94. The summed E-state index contributed by atoms with van der Waals surface area (Å²) < 4.78 is 13.6. The number of benzene rings is 1. The van der Waals surface area contributed by atoms with Gasteiger partial charge in [0.1, 0.15) is 5.82 Å². The lowest BCUT2D eigenvalue weighted by atomic mass is 9.82. The molecule has 0 aliphatic heterocycles. The quantitative estimate of drug-likeness (QED) is 0.873. The molecule has 6 heteroatoms. The van der Waals surface area contributed by atoms with Gasteiger partial charge >= 0.3 is 6.03 Å². The van der Waals surface area contributed by atoms with Gasteiger partial charge in [0, 0.05) is 31.6 Å². The van der Waals surface area contributed by atoms with Gasteiger partial charge in [-0.1, -0.05) is 18.2 Å². The molecule has 1 aromatic rings. The second-order valence-electron chi connectivity index (χ2n) is 6.25. The Morgan fingerprint density at radius 1 is 1.26 bits per heavy atom. The molecule has 0 radical (unpaired) electrons. The summed E-state index contributed by atoms with van der Waals surface area (Å²) in [7, 11) is 1.64. The molecular formula is C17H24FN3O2. The van der Waals surface area contributed by atoms with Crippen LogP contribution >= 0.6 is 0 Å². The van der Waals surface area contributed by atoms with Gasteiger partial charge in [0.05, 0.1) is 0 Å². The Kier molecular flexibility index (Phi) is 5.96. The molecule has 23 heavy (non-hydrogen) atoms. The number of amides is 3. The van der Waals surface area contributed by atoms with Crippen LogP contribution in [0.1, 0.15) is 31.2 Å². The summed E-state index contributed by atoms with van der Waals surface area (Å²) in [6.45, 7) is 0.804. The molecule has 0 bridgehead atoms. The van der Waals surface area contributed by atoms with Crippen molar-refractivity contribution < 1.29 is 14.0 Å². The van der Waals surface area contributed by atoms with Gasteiger partial charge in [-0.05, 0) is 37.7 Å². The van der Waals surface area contributed by atoms with Crippen molar-refractivity contribution in [1.82, 2.24) is 10.2 Å². The number of rotatable bonds is 5. The van der Waals surface area contributed by atoms with Crippen molar-refractivity contribution in [1.29, 1.82) is 0 Å². The molecule has 0 spiro atoms. The normalized spacial score (nSPS) is 20.8. The molecule has 126 valence electrons. The van der Waals surface area contributed by atoms with E-state index in [0.717, 1.165) is 25.7 Å². The Balaban J connectivity index is 1.74. The molecule has 0 aromatic heterocycles. The smallest absolute Gasteiger partial charge is 0.317 e. The fourth-order valence-electron chi connectivity index (χ4n) is 2.97. The van der Waals surface area contributed by atoms with Gasteiger partial charge in [-0.25, -0.2) is 9.18 Å². The Morgan fingerprint density at radius 2 is 1.91 bits per heavy atom. The molecule has 1 fully saturated rings. The van der Waals surface area contributed by atoms with Crippen LogP contribution in [-0.2, 0) is 11.3 Å². The van der Waals surface area contributed by atoms with Crippen molar-refractivity contribution in [2.24, 2.45) is 17.6 Å². The Hall–Kier alpha value is -2.11. The average Bonchev–Trinajstić information content (AvgIpc) is 2.55. The van der Waals surface area contributed by atoms with E-state index in [1.54, 1.807) is 25.2 Å². The number of hydrogen-bond acceptors (Lipinski definition) is 2. The Morgan fingerprint density at radius 3 is 2.52 bits per heavy atom. The zero-order chi connectivity index (χ0) is 16.8. The van der Waals surface area contributed by atoms with Crippen LogP contribution in [0.2, 0.25) is 0 Å². The predicted octanol–water partition coefficient (Wildman–Crippen LogP) is 2.26. The third kappa shape index (κ3) is 4.94. The van der Waals surface area contributed by atoms with Crippen LogP contribution in [0, 0.1) is 17.7 Å². The van der Waals surface area contributed by atoms with Crippen molar-refractivity contribution >= 4 is 11.9 Å². The highest BCUT2D eigenvalue weighted by molar-refractivity contribution is 5.76. The summed E-state index contributed by atoms with van der Waals surface area (Å²) in [6, 6.07) is 6.22. The molecular weight excluding hydrogens is 297 g/mol. The Labute approximate surface area is 136 Å². The van der Waals surface area contributed by atoms with E-state index < -0.39 is 0 Å². The molecule has 5 nitrogen and oxygen atoms in total. The first kappa shape index (κ1) is 17.2. The van der Waals surface area contributed by atoms with Crippen LogP contribution in [0.3, 0.4) is 0 Å². The van der Waals surface area contributed by atoms with E-state index in [2.05, 4.69) is 5.32 Å². The van der Waals surface area contributed by atoms with Crippen molar-refractivity contribution in [3.8, 4) is 0 Å². The van der Waals surface area contributed by atoms with Crippen LogP contribution in [0.5, 0.6) is 0 Å². The molecule has 0 atom stereocenters. The third-order valence-electron chi connectivity index (χ3n) is 4.50. The highest BCUT2D eigenvalue weighted by Crippen LogP contribution is 2.28. The van der Waals surface area contributed by atoms with Crippen LogP contribution in [0.25, 0.3) is 0 Å². The van der Waals surface area contributed by atoms with Crippen molar-refractivity contribution in [3.63, 3.8) is 0 Å². The van der Waals surface area contributed by atoms with Gasteiger partial charge in [-0.15, -0.1) is 0 Å². The maximum absolute atomic E-state index is 13.6. The van der Waals surface area contributed by atoms with E-state index in [1.807, 2.05) is 0 Å². The van der Waals surface area contributed by atoms with E-state index in [9.17, 15) is 14.0 Å². The fourth-order valence-corrected chi connectivity index (χ4v) is 2.97. The lowest BCUT2D eigenvalue weighted by Gasteiger charge is -2.27. The van der Waals surface area contributed by atoms with Crippen molar-refractivity contribution in [2.75, 3.05) is 13.6 Å². The number of nitrogens with one attached hydrogen (secondary N) is 1. The van der Waals surface area contributed by atoms with E-state index in [1.165, 1.54) is 11.0 Å². The fraction of sp³-hybridized carbons (Fsp3) is 0.529. The first-order valence-corrected chi connectivity index (χ1v) is 7.99. The van der Waals surface area contributed by atoms with E-state index >= 15 is 0 Å². The molecule has 1 aromatic carbocycles. The topological polar surface area (TPSA) is 75.4 Å². The maximum atomic E-state index is 13.6. The highest BCUT2D eigenvalue weighted by atomic mass is 19.1. The van der Waals surface area contributed by atoms with Gasteiger partial charge in [0.15, 0.2) is 0 Å². The number of urea groups is 1. The highest BCUT2D eigenvalue weighted by Gasteiger charge is 2.25. The summed E-state index contributed by atoms with van der Waals surface area (Å²) in [6.07, 6.45) is 3.37. The van der Waals surface area contributed by atoms with Gasteiger partial charge in [0.25, 0.3) is 0 Å². The van der Waals surface area contributed by atoms with Gasteiger partial charge in [0.2, 0.25) is 5.91 Å². The van der Waals surface area contributed by atoms with Crippen molar-refractivity contribution in [3.05, 3.63) is 35.6 Å². The van der Waals surface area contributed by atoms with Crippen LogP contribution in [-0.4, -0.2) is 30.4 Å². The average molecular weight is 321 g/mol. The molecule has 3 amide bonds. The number of primary amides is 1. The molecule has 1 aliphatic carbocycles. The first-order valence-electron chi connectivity index (χ1n) is 7.99. The van der Waals surface area contributed by atoms with E-state index in [0.29, 0.717) is 18.0 Å². The minimum absolute atomic E-state index is 0.0225. The lowest BCUT2D eigenvalue weighted by Crippen LogP contribution is -2.40. The Bertz CT molecular complexity index is 557. The number of nitrogens with zero attached hydrogens (tertiary/aromatic N) is 1. The number of hydrogen-bond donors (Lipinski definition) is 2. The van der Waals surface area contributed by atoms with Gasteiger partial charge in [-0.3, -0.25) is 4.79 Å². The first-order chi connectivity index (χ1) is 11.0. The monoisotopic (exact) mass is 321 g/mol. The minimum Gasteiger partial charge on any atom is -0.369 e. The molecule has 0 unspecified atom stereocenters. The lowest BCUT2D eigenvalue weighted by molar-refractivity contribution is -0.122. The van der Waals surface area contributed by atoms with E-state index in [4.69, 9.17) is 5.73 Å². The zero-order valence-electron chi connectivity index (χ0n) is 13.4. The molecule has 0 heterocycles. The number of carbonyl (C=O) groups excluding carboxylic acids is 2. The molecule has 0 saturated heterocycles. The van der Waals surface area contributed by atoms with Crippen LogP contribution < -0.4 is 11.1 Å². The molecule has 3 N–H and O–H groups in total. The zero-order valence-corrected chi connectivity index (χ0v) is 13.4. The van der Waals surface area contributed by atoms with Gasteiger partial charge < -0.3 is 16.0 Å². The predicted molar refractivity (Wildman–Crippen MR) is 85.9 cm³/mol. The van der Waals surface area contributed by atoms with Gasteiger partial charge in [-0.2, -0.15) is 0 Å². The number of nitrogens with two attached hydrogens (primary N) is 1. The molecule has 2 rings (SSSR count). The SMILES string of the molecule is CN(Cc1ccccc1F)C(=O)NCC1CCC(C(N)=O)CC1. The number of halogens is 1. The van der Waals surface area contributed by atoms with E-state index in [-0.39, 0.29) is 30.2 Å². The standard InChI is InChI=1S/C17H24FN3O2/c1-21(11-14-4-2-3-5-15(14)18)17(23)20-10-12-6-8-13(9-7-12)16(19)22/h2-5,12-13H,6-11H2,1H3,(H2,19,22)(H,20,23). The largest absolute Gasteiger partial charge is 0.369 e.